The van der Waals surface area contributed by atoms with Crippen molar-refractivity contribution in [2.24, 2.45) is 7.05 Å². The van der Waals surface area contributed by atoms with E-state index in [-0.39, 0.29) is 42.1 Å². The SMILES string of the molecule is Cn1nnnc1C1CN(C(=O)CCc2nc(-c3ccccc3F)no2)CCO1. The second kappa shape index (κ2) is 7.80. The maximum Gasteiger partial charge on any atom is 0.227 e. The lowest BCUT2D eigenvalue weighted by molar-refractivity contribution is -0.139. The van der Waals surface area contributed by atoms with Crippen molar-refractivity contribution in [3.8, 4) is 11.4 Å². The Morgan fingerprint density at radius 2 is 2.21 bits per heavy atom. The smallest absolute Gasteiger partial charge is 0.227 e. The average Bonchev–Trinajstić information content (AvgIpc) is 3.35. The molecule has 0 N–H and O–H groups in total. The molecule has 0 saturated carbocycles. The van der Waals surface area contributed by atoms with Crippen LogP contribution in [0, 0.1) is 5.82 Å². The van der Waals surface area contributed by atoms with Crippen LogP contribution in [0.2, 0.25) is 0 Å². The zero-order chi connectivity index (χ0) is 19.5. The summed E-state index contributed by atoms with van der Waals surface area (Å²) in [4.78, 5) is 18.5. The fourth-order valence-electron chi connectivity index (χ4n) is 3.02. The van der Waals surface area contributed by atoms with E-state index in [0.29, 0.717) is 25.5 Å². The lowest BCUT2D eigenvalue weighted by Crippen LogP contribution is -2.43. The molecule has 28 heavy (non-hydrogen) atoms. The molecule has 1 amide bonds. The fraction of sp³-hybridized carbons (Fsp3) is 0.412. The fourth-order valence-corrected chi connectivity index (χ4v) is 3.02. The van der Waals surface area contributed by atoms with Gasteiger partial charge in [0, 0.05) is 26.4 Å². The number of aryl methyl sites for hydroxylation is 2. The molecular formula is C17H18FN7O3. The summed E-state index contributed by atoms with van der Waals surface area (Å²) in [7, 11) is 1.72. The van der Waals surface area contributed by atoms with Gasteiger partial charge in [-0.25, -0.2) is 9.07 Å². The predicted octanol–water partition coefficient (Wildman–Crippen LogP) is 0.932. The third-order valence-electron chi connectivity index (χ3n) is 4.50. The number of ether oxygens (including phenoxy) is 1. The molecule has 2 aromatic heterocycles. The van der Waals surface area contributed by atoms with Crippen LogP contribution in [0.5, 0.6) is 0 Å². The van der Waals surface area contributed by atoms with E-state index in [0.717, 1.165) is 0 Å². The molecule has 1 fully saturated rings. The van der Waals surface area contributed by atoms with Crippen LogP contribution in [0.1, 0.15) is 24.2 Å². The monoisotopic (exact) mass is 387 g/mol. The normalized spacial score (nSPS) is 17.1. The molecule has 0 bridgehead atoms. The Balaban J connectivity index is 1.36. The zero-order valence-electron chi connectivity index (χ0n) is 15.2. The maximum absolute atomic E-state index is 13.8. The van der Waals surface area contributed by atoms with Crippen LogP contribution < -0.4 is 0 Å². The number of morpholine rings is 1. The van der Waals surface area contributed by atoms with Gasteiger partial charge in [-0.1, -0.05) is 17.3 Å². The van der Waals surface area contributed by atoms with Gasteiger partial charge in [-0.2, -0.15) is 4.98 Å². The van der Waals surface area contributed by atoms with Crippen molar-refractivity contribution in [2.75, 3.05) is 19.7 Å². The van der Waals surface area contributed by atoms with Crippen molar-refractivity contribution in [3.63, 3.8) is 0 Å². The van der Waals surface area contributed by atoms with Gasteiger partial charge in [0.1, 0.15) is 11.9 Å². The van der Waals surface area contributed by atoms with Crippen LogP contribution in [-0.2, 0) is 23.0 Å². The van der Waals surface area contributed by atoms with Gasteiger partial charge >= 0.3 is 0 Å². The Kier molecular flexibility index (Phi) is 5.06. The number of benzene rings is 1. The van der Waals surface area contributed by atoms with E-state index in [2.05, 4.69) is 25.7 Å². The Bertz CT molecular complexity index is 973. The predicted molar refractivity (Wildman–Crippen MR) is 92.1 cm³/mol. The van der Waals surface area contributed by atoms with Gasteiger partial charge in [0.2, 0.25) is 17.6 Å². The molecule has 0 spiro atoms. The molecule has 1 saturated heterocycles. The summed E-state index contributed by atoms with van der Waals surface area (Å²) in [5.74, 6) is 0.539. The summed E-state index contributed by atoms with van der Waals surface area (Å²) in [5.41, 5.74) is 0.261. The number of hydrogen-bond acceptors (Lipinski definition) is 8. The Labute approximate surface area is 159 Å². The van der Waals surface area contributed by atoms with Crippen LogP contribution in [0.3, 0.4) is 0 Å². The van der Waals surface area contributed by atoms with Crippen molar-refractivity contribution in [3.05, 3.63) is 41.8 Å². The number of rotatable bonds is 5. The minimum atomic E-state index is -0.427. The van der Waals surface area contributed by atoms with E-state index in [1.54, 1.807) is 30.1 Å². The molecule has 1 atom stereocenters. The first-order chi connectivity index (χ1) is 13.6. The van der Waals surface area contributed by atoms with Crippen LogP contribution >= 0.6 is 0 Å². The van der Waals surface area contributed by atoms with Gasteiger partial charge in [-0.3, -0.25) is 4.79 Å². The highest BCUT2D eigenvalue weighted by Crippen LogP contribution is 2.21. The number of amides is 1. The molecule has 1 aliphatic heterocycles. The van der Waals surface area contributed by atoms with Gasteiger partial charge < -0.3 is 14.2 Å². The first-order valence-electron chi connectivity index (χ1n) is 8.81. The molecular weight excluding hydrogens is 369 g/mol. The molecule has 3 aromatic rings. The first kappa shape index (κ1) is 18.2. The van der Waals surface area contributed by atoms with E-state index in [9.17, 15) is 9.18 Å². The quantitative estimate of drug-likeness (QED) is 0.636. The number of hydrogen-bond donors (Lipinski definition) is 0. The maximum atomic E-state index is 13.8. The number of halogens is 1. The molecule has 4 rings (SSSR count). The number of aromatic nitrogens is 6. The number of carbonyl (C=O) groups excluding carboxylic acids is 1. The molecule has 11 heteroatoms. The second-order valence-electron chi connectivity index (χ2n) is 6.35. The highest BCUT2D eigenvalue weighted by Gasteiger charge is 2.28. The molecule has 1 aromatic carbocycles. The minimum absolute atomic E-state index is 0.0610. The summed E-state index contributed by atoms with van der Waals surface area (Å²) in [6.07, 6.45) is 0.102. The van der Waals surface area contributed by atoms with E-state index >= 15 is 0 Å². The van der Waals surface area contributed by atoms with E-state index < -0.39 is 5.82 Å². The third kappa shape index (κ3) is 3.74. The van der Waals surface area contributed by atoms with Crippen molar-refractivity contribution in [1.29, 1.82) is 0 Å². The van der Waals surface area contributed by atoms with Crippen LogP contribution in [-0.4, -0.2) is 60.9 Å². The molecule has 1 aliphatic rings. The van der Waals surface area contributed by atoms with Gasteiger partial charge in [-0.05, 0) is 22.6 Å². The summed E-state index contributed by atoms with van der Waals surface area (Å²) < 4.78 is 26.2. The standard InChI is InChI=1S/C17H18FN7O3/c1-24-17(20-22-23-24)13-10-25(8-9-27-13)15(26)7-6-14-19-16(21-28-14)11-4-2-3-5-12(11)18/h2-5,13H,6-10H2,1H3. The van der Waals surface area contributed by atoms with Gasteiger partial charge in [0.15, 0.2) is 5.82 Å². The van der Waals surface area contributed by atoms with Crippen molar-refractivity contribution < 1.29 is 18.4 Å². The highest BCUT2D eigenvalue weighted by atomic mass is 19.1. The van der Waals surface area contributed by atoms with Gasteiger partial charge in [0.25, 0.3) is 0 Å². The van der Waals surface area contributed by atoms with Crippen LogP contribution in [0.25, 0.3) is 11.4 Å². The highest BCUT2D eigenvalue weighted by molar-refractivity contribution is 5.76. The molecule has 0 radical (unpaired) electrons. The number of nitrogens with zero attached hydrogens (tertiary/aromatic N) is 7. The summed E-state index contributed by atoms with van der Waals surface area (Å²) in [5, 5.41) is 15.1. The van der Waals surface area contributed by atoms with Crippen molar-refractivity contribution >= 4 is 5.91 Å². The summed E-state index contributed by atoms with van der Waals surface area (Å²) in [6, 6.07) is 6.19. The van der Waals surface area contributed by atoms with Gasteiger partial charge in [0.05, 0.1) is 18.7 Å². The van der Waals surface area contributed by atoms with E-state index in [1.165, 1.54) is 10.7 Å². The Morgan fingerprint density at radius 1 is 1.36 bits per heavy atom. The van der Waals surface area contributed by atoms with Gasteiger partial charge in [-0.15, -0.1) is 5.10 Å². The van der Waals surface area contributed by atoms with Crippen LogP contribution in [0.4, 0.5) is 4.39 Å². The number of carbonyl (C=O) groups is 1. The minimum Gasteiger partial charge on any atom is -0.366 e. The lowest BCUT2D eigenvalue weighted by atomic mass is 10.2. The van der Waals surface area contributed by atoms with E-state index in [4.69, 9.17) is 9.26 Å². The topological polar surface area (TPSA) is 112 Å². The molecule has 10 nitrogen and oxygen atoms in total. The third-order valence-corrected chi connectivity index (χ3v) is 4.50. The van der Waals surface area contributed by atoms with Crippen LogP contribution in [0.15, 0.2) is 28.8 Å². The Hall–Kier alpha value is -3.21. The lowest BCUT2D eigenvalue weighted by Gasteiger charge is -2.32. The largest absolute Gasteiger partial charge is 0.366 e. The number of tetrazole rings is 1. The molecule has 1 unspecified atom stereocenters. The van der Waals surface area contributed by atoms with Crippen molar-refractivity contribution in [1.82, 2.24) is 35.2 Å². The molecule has 0 aliphatic carbocycles. The first-order valence-corrected chi connectivity index (χ1v) is 8.81. The summed E-state index contributed by atoms with van der Waals surface area (Å²) in [6.45, 7) is 1.27. The van der Waals surface area contributed by atoms with Crippen molar-refractivity contribution in [2.45, 2.75) is 18.9 Å². The second-order valence-corrected chi connectivity index (χ2v) is 6.35. The summed E-state index contributed by atoms with van der Waals surface area (Å²) >= 11 is 0. The molecule has 146 valence electrons. The Morgan fingerprint density at radius 3 is 3.00 bits per heavy atom. The van der Waals surface area contributed by atoms with E-state index in [1.807, 2.05) is 0 Å². The average molecular weight is 387 g/mol. The molecule has 3 heterocycles. The zero-order valence-corrected chi connectivity index (χ0v) is 15.2.